The maximum Gasteiger partial charge on any atom is 0.0479 e. The minimum absolute atomic E-state index is 0.558. The van der Waals surface area contributed by atoms with E-state index in [1.54, 1.807) is 6.08 Å². The summed E-state index contributed by atoms with van der Waals surface area (Å²) in [5.74, 6) is 0.558. The van der Waals surface area contributed by atoms with Gasteiger partial charge >= 0.3 is 0 Å². The molecule has 0 aliphatic rings. The lowest BCUT2D eigenvalue weighted by molar-refractivity contribution is 1.38. The molecule has 0 aromatic heterocycles. The first-order chi connectivity index (χ1) is 6.79. The number of hydrogen-bond acceptors (Lipinski definition) is 0. The third-order valence-electron chi connectivity index (χ3n) is 1.53. The second-order valence-corrected chi connectivity index (χ2v) is 3.39. The fourth-order valence-electron chi connectivity index (χ4n) is 0.855. The molecule has 0 radical (unpaired) electrons. The summed E-state index contributed by atoms with van der Waals surface area (Å²) < 4.78 is 0. The van der Waals surface area contributed by atoms with Crippen LogP contribution in [0.25, 0.3) is 6.08 Å². The van der Waals surface area contributed by atoms with Gasteiger partial charge in [0.25, 0.3) is 0 Å². The van der Waals surface area contributed by atoms with E-state index in [-0.39, 0.29) is 0 Å². The minimum Gasteiger partial charge on any atom is -0.122 e. The van der Waals surface area contributed by atoms with Gasteiger partial charge in [0, 0.05) is 11.2 Å². The SMILES string of the molecule is C=CCBr.C=Cc1ccccc1CCl. The fourth-order valence-corrected chi connectivity index (χ4v) is 1.10. The highest BCUT2D eigenvalue weighted by molar-refractivity contribution is 9.09. The first-order valence-corrected chi connectivity index (χ1v) is 5.88. The molecule has 1 rings (SSSR count). The van der Waals surface area contributed by atoms with E-state index in [1.807, 2.05) is 30.3 Å². The number of benzene rings is 1. The van der Waals surface area contributed by atoms with Crippen molar-refractivity contribution in [1.29, 1.82) is 0 Å². The highest BCUT2D eigenvalue weighted by Gasteiger charge is 1.93. The Hall–Kier alpha value is -0.530. The van der Waals surface area contributed by atoms with E-state index < -0.39 is 0 Å². The zero-order valence-electron chi connectivity index (χ0n) is 8.05. The topological polar surface area (TPSA) is 0 Å². The first kappa shape index (κ1) is 13.5. The molecule has 0 fully saturated rings. The highest BCUT2D eigenvalue weighted by atomic mass is 79.9. The molecule has 2 heteroatoms. The van der Waals surface area contributed by atoms with Crippen LogP contribution in [-0.2, 0) is 5.88 Å². The van der Waals surface area contributed by atoms with Crippen LogP contribution >= 0.6 is 27.5 Å². The summed E-state index contributed by atoms with van der Waals surface area (Å²) in [5, 5.41) is 0.896. The van der Waals surface area contributed by atoms with E-state index >= 15 is 0 Å². The van der Waals surface area contributed by atoms with Crippen LogP contribution in [0.1, 0.15) is 11.1 Å². The van der Waals surface area contributed by atoms with E-state index in [4.69, 9.17) is 11.6 Å². The molecule has 0 N–H and O–H groups in total. The van der Waals surface area contributed by atoms with Crippen LogP contribution in [-0.4, -0.2) is 5.33 Å². The van der Waals surface area contributed by atoms with E-state index in [2.05, 4.69) is 29.1 Å². The maximum absolute atomic E-state index is 5.66. The molecule has 0 aliphatic heterocycles. The molecule has 0 saturated heterocycles. The minimum atomic E-state index is 0.558. The Kier molecular flexibility index (Phi) is 8.70. The summed E-state index contributed by atoms with van der Waals surface area (Å²) in [7, 11) is 0. The zero-order chi connectivity index (χ0) is 10.8. The Morgan fingerprint density at radius 3 is 2.21 bits per heavy atom. The molecule has 1 aromatic rings. The van der Waals surface area contributed by atoms with Crippen LogP contribution < -0.4 is 0 Å². The molecule has 0 saturated carbocycles. The van der Waals surface area contributed by atoms with Crippen LogP contribution in [0.2, 0.25) is 0 Å². The average molecular weight is 274 g/mol. The van der Waals surface area contributed by atoms with Gasteiger partial charge in [-0.15, -0.1) is 18.2 Å². The molecule has 0 heterocycles. The third-order valence-corrected chi connectivity index (χ3v) is 2.27. The summed E-state index contributed by atoms with van der Waals surface area (Å²) in [6, 6.07) is 7.96. The Morgan fingerprint density at radius 1 is 1.29 bits per heavy atom. The Balaban J connectivity index is 0.000000364. The van der Waals surface area contributed by atoms with Gasteiger partial charge in [-0.1, -0.05) is 58.9 Å². The van der Waals surface area contributed by atoms with Gasteiger partial charge in [-0.3, -0.25) is 0 Å². The van der Waals surface area contributed by atoms with Gasteiger partial charge in [0.2, 0.25) is 0 Å². The monoisotopic (exact) mass is 272 g/mol. The highest BCUT2D eigenvalue weighted by Crippen LogP contribution is 2.11. The molecule has 0 atom stereocenters. The molecule has 0 bridgehead atoms. The molecule has 14 heavy (non-hydrogen) atoms. The standard InChI is InChI=1S/C9H9Cl.C3H5Br/c1-2-8-5-3-4-6-9(8)7-10;1-2-3-4/h2-6H,1,7H2;2H,1,3H2. The van der Waals surface area contributed by atoms with E-state index in [1.165, 1.54) is 0 Å². The van der Waals surface area contributed by atoms with Crippen LogP contribution in [0.15, 0.2) is 43.5 Å². The smallest absolute Gasteiger partial charge is 0.0479 e. The average Bonchev–Trinajstić information content (AvgIpc) is 2.29. The maximum atomic E-state index is 5.66. The number of halogens is 2. The molecular weight excluding hydrogens is 259 g/mol. The second-order valence-electron chi connectivity index (χ2n) is 2.48. The van der Waals surface area contributed by atoms with E-state index in [9.17, 15) is 0 Å². The molecule has 0 nitrogen and oxygen atoms in total. The predicted molar refractivity (Wildman–Crippen MR) is 70.1 cm³/mol. The number of rotatable bonds is 3. The van der Waals surface area contributed by atoms with Gasteiger partial charge in [0.1, 0.15) is 0 Å². The zero-order valence-corrected chi connectivity index (χ0v) is 10.4. The lowest BCUT2D eigenvalue weighted by atomic mass is 10.1. The van der Waals surface area contributed by atoms with Gasteiger partial charge in [0.15, 0.2) is 0 Å². The fraction of sp³-hybridized carbons (Fsp3) is 0.167. The van der Waals surface area contributed by atoms with Gasteiger partial charge in [-0.25, -0.2) is 0 Å². The van der Waals surface area contributed by atoms with Crippen molar-refractivity contribution < 1.29 is 0 Å². The van der Waals surface area contributed by atoms with Crippen molar-refractivity contribution in [3.05, 3.63) is 54.6 Å². The number of alkyl halides is 2. The van der Waals surface area contributed by atoms with Crippen molar-refractivity contribution in [3.63, 3.8) is 0 Å². The Morgan fingerprint density at radius 2 is 1.86 bits per heavy atom. The summed E-state index contributed by atoms with van der Waals surface area (Å²) in [5.41, 5.74) is 2.26. The van der Waals surface area contributed by atoms with Crippen LogP contribution in [0, 0.1) is 0 Å². The molecule has 0 amide bonds. The normalized spacial score (nSPS) is 8.43. The summed E-state index contributed by atoms with van der Waals surface area (Å²) in [6.45, 7) is 7.11. The Labute approximate surface area is 99.4 Å². The molecule has 0 aliphatic carbocycles. The van der Waals surface area contributed by atoms with Crippen molar-refractivity contribution in [3.8, 4) is 0 Å². The van der Waals surface area contributed by atoms with E-state index in [0.717, 1.165) is 16.5 Å². The van der Waals surface area contributed by atoms with E-state index in [0.29, 0.717) is 5.88 Å². The molecule has 0 unspecified atom stereocenters. The summed E-state index contributed by atoms with van der Waals surface area (Å²) >= 11 is 8.79. The summed E-state index contributed by atoms with van der Waals surface area (Å²) in [4.78, 5) is 0. The molecule has 0 spiro atoms. The van der Waals surface area contributed by atoms with Gasteiger partial charge < -0.3 is 0 Å². The van der Waals surface area contributed by atoms with Crippen LogP contribution in [0.4, 0.5) is 0 Å². The van der Waals surface area contributed by atoms with Gasteiger partial charge in [0.05, 0.1) is 0 Å². The van der Waals surface area contributed by atoms with Crippen LogP contribution in [0.3, 0.4) is 0 Å². The lowest BCUT2D eigenvalue weighted by Gasteiger charge is -1.98. The second kappa shape index (κ2) is 9.04. The number of hydrogen-bond donors (Lipinski definition) is 0. The Bertz CT molecular complexity index is 281. The van der Waals surface area contributed by atoms with Crippen molar-refractivity contribution >= 4 is 33.6 Å². The first-order valence-electron chi connectivity index (χ1n) is 4.23. The molecule has 76 valence electrons. The third kappa shape index (κ3) is 5.25. The van der Waals surface area contributed by atoms with Gasteiger partial charge in [-0.05, 0) is 11.1 Å². The van der Waals surface area contributed by atoms with Crippen LogP contribution in [0.5, 0.6) is 0 Å². The predicted octanol–water partition coefficient (Wildman–Crippen LogP) is 4.64. The quantitative estimate of drug-likeness (QED) is 0.556. The lowest BCUT2D eigenvalue weighted by Crippen LogP contribution is -1.81. The summed E-state index contributed by atoms with van der Waals surface area (Å²) in [6.07, 6.45) is 3.61. The van der Waals surface area contributed by atoms with Crippen molar-refractivity contribution in [2.24, 2.45) is 0 Å². The number of allylic oxidation sites excluding steroid dienone is 1. The van der Waals surface area contributed by atoms with Crippen molar-refractivity contribution in [1.82, 2.24) is 0 Å². The van der Waals surface area contributed by atoms with Crippen molar-refractivity contribution in [2.45, 2.75) is 5.88 Å². The van der Waals surface area contributed by atoms with Crippen molar-refractivity contribution in [2.75, 3.05) is 5.33 Å². The molecular formula is C12H14BrCl. The largest absolute Gasteiger partial charge is 0.122 e. The molecule has 1 aromatic carbocycles. The van der Waals surface area contributed by atoms with Gasteiger partial charge in [-0.2, -0.15) is 0 Å².